The highest BCUT2D eigenvalue weighted by atomic mass is 15.0. The van der Waals surface area contributed by atoms with E-state index in [1.165, 1.54) is 237 Å². The van der Waals surface area contributed by atoms with Gasteiger partial charge in [0.2, 0.25) is 0 Å². The van der Waals surface area contributed by atoms with Crippen LogP contribution in [0.3, 0.4) is 0 Å². The molecular formula is C138H92N6. The maximum atomic E-state index is 2.42. The molecule has 0 fully saturated rings. The molecule has 0 saturated heterocycles. The van der Waals surface area contributed by atoms with Crippen molar-refractivity contribution in [1.29, 1.82) is 0 Å². The fraction of sp³-hybridized carbons (Fsp3) is 0. The van der Waals surface area contributed by atoms with Gasteiger partial charge in [0, 0.05) is 98.8 Å². The Hall–Kier alpha value is -19.1. The largest absolute Gasteiger partial charge is 0.309 e. The smallest absolute Gasteiger partial charge is 0.0547 e. The zero-order valence-electron chi connectivity index (χ0n) is 78.8. The second-order valence-electron chi connectivity index (χ2n) is 37.4. The van der Waals surface area contributed by atoms with E-state index in [1.54, 1.807) is 0 Å². The molecule has 0 unspecified atom stereocenters. The monoisotopic (exact) mass is 1830 g/mol. The minimum Gasteiger partial charge on any atom is -0.309 e. The number of rotatable bonds is 14. The third-order valence-electron chi connectivity index (χ3n) is 29.2. The van der Waals surface area contributed by atoms with E-state index in [1.807, 2.05) is 0 Å². The van der Waals surface area contributed by atoms with Gasteiger partial charge >= 0.3 is 0 Å². The van der Waals surface area contributed by atoms with Crippen molar-refractivity contribution in [3.63, 3.8) is 0 Å². The molecule has 23 aromatic carbocycles. The second-order valence-corrected chi connectivity index (χ2v) is 37.4. The van der Waals surface area contributed by atoms with Crippen molar-refractivity contribution in [1.82, 2.24) is 27.4 Å². The zero-order valence-corrected chi connectivity index (χ0v) is 78.8. The molecule has 0 aliphatic rings. The normalized spacial score (nSPS) is 11.6. The van der Waals surface area contributed by atoms with Crippen LogP contribution in [0.15, 0.2) is 558 Å². The van der Waals surface area contributed by atoms with Gasteiger partial charge in [0.05, 0.1) is 66.2 Å². The Morgan fingerprint density at radius 3 is 0.583 bits per heavy atom. The van der Waals surface area contributed by atoms with E-state index < -0.39 is 0 Å². The number of fused-ring (bicyclic) bond motifs is 18. The standard InChI is InChI=1S/2C48H32N2.C42H28N2/c1-4-13-33(14-5-1)34-23-27-39(28-24-34)49-44-21-11-10-19-41(44)42-31-36(25-29-45(42)49)37-26-30-46-43(32-37)48-40(35-15-6-2-7-16-35)20-12-22-47(48)50(46)38-17-8-3-9-18-38;1-4-12-33(13-5-1)35-20-25-40(26-21-35)50-47-29-24-37(31-44(47)42-27-22-38(32-48(42)50)34-14-6-2-7-15-34)36-23-28-46-43(30-36)41-18-10-11-19-45(41)49(46)39-16-8-3-9-17-39;1-3-11-29(12-4-1)30-19-23-34(24-20-30)44-40-18-10-8-16-36(40)38-28-32(22-26-42(38)44)31-21-25-41-37(27-31)35-15-7-9-17-39(35)43(41)33-13-5-2-6-14-33/h2*1-32H;1-28H. The summed E-state index contributed by atoms with van der Waals surface area (Å²) in [5.74, 6) is 0. The summed E-state index contributed by atoms with van der Waals surface area (Å²) >= 11 is 0. The van der Waals surface area contributed by atoms with Crippen LogP contribution in [0.4, 0.5) is 0 Å². The highest BCUT2D eigenvalue weighted by molar-refractivity contribution is 6.19. The van der Waals surface area contributed by atoms with Crippen molar-refractivity contribution in [3.8, 4) is 123 Å². The lowest BCUT2D eigenvalue weighted by molar-refractivity contribution is 1.18. The molecule has 144 heavy (non-hydrogen) atoms. The third kappa shape index (κ3) is 14.7. The Bertz CT molecular complexity index is 9930. The molecule has 0 spiro atoms. The van der Waals surface area contributed by atoms with Crippen LogP contribution in [0.2, 0.25) is 0 Å². The minimum absolute atomic E-state index is 1.15. The van der Waals surface area contributed by atoms with Crippen molar-refractivity contribution in [3.05, 3.63) is 558 Å². The Morgan fingerprint density at radius 1 is 0.0903 bits per heavy atom. The van der Waals surface area contributed by atoms with Gasteiger partial charge in [-0.2, -0.15) is 0 Å². The number of nitrogens with zero attached hydrogens (tertiary/aromatic N) is 6. The lowest BCUT2D eigenvalue weighted by Gasteiger charge is -2.11. The lowest BCUT2D eigenvalue weighted by atomic mass is 9.97. The summed E-state index contributed by atoms with van der Waals surface area (Å²) in [6.07, 6.45) is 0. The van der Waals surface area contributed by atoms with Gasteiger partial charge < -0.3 is 27.4 Å². The molecule has 6 aromatic heterocycles. The molecule has 0 N–H and O–H groups in total. The molecule has 29 aromatic rings. The van der Waals surface area contributed by atoms with E-state index in [9.17, 15) is 0 Å². The number of aromatic nitrogens is 6. The lowest BCUT2D eigenvalue weighted by Crippen LogP contribution is -1.94. The van der Waals surface area contributed by atoms with E-state index in [2.05, 4.69) is 586 Å². The van der Waals surface area contributed by atoms with E-state index in [4.69, 9.17) is 0 Å². The Kier molecular flexibility index (Phi) is 20.9. The Balaban J connectivity index is 0.000000108. The van der Waals surface area contributed by atoms with Crippen LogP contribution < -0.4 is 0 Å². The van der Waals surface area contributed by atoms with Crippen molar-refractivity contribution < 1.29 is 0 Å². The van der Waals surface area contributed by atoms with E-state index in [0.29, 0.717) is 0 Å². The van der Waals surface area contributed by atoms with Crippen molar-refractivity contribution in [2.75, 3.05) is 0 Å². The third-order valence-corrected chi connectivity index (χ3v) is 29.2. The molecule has 674 valence electrons. The maximum absolute atomic E-state index is 2.42. The molecular weight excluding hydrogens is 1740 g/mol. The predicted molar refractivity (Wildman–Crippen MR) is 609 cm³/mol. The van der Waals surface area contributed by atoms with Crippen molar-refractivity contribution in [2.24, 2.45) is 0 Å². The highest BCUT2D eigenvalue weighted by Gasteiger charge is 2.24. The van der Waals surface area contributed by atoms with Crippen LogP contribution in [0.5, 0.6) is 0 Å². The summed E-state index contributed by atoms with van der Waals surface area (Å²) in [7, 11) is 0. The van der Waals surface area contributed by atoms with Gasteiger partial charge in [0.25, 0.3) is 0 Å². The zero-order chi connectivity index (χ0) is 95.1. The summed E-state index contributed by atoms with van der Waals surface area (Å²) < 4.78 is 14.4. The predicted octanol–water partition coefficient (Wildman–Crippen LogP) is 37.0. The summed E-state index contributed by atoms with van der Waals surface area (Å²) in [4.78, 5) is 0. The molecule has 6 heteroatoms. The second kappa shape index (κ2) is 35.7. The van der Waals surface area contributed by atoms with Gasteiger partial charge in [-0.15, -0.1) is 0 Å². The molecule has 6 heterocycles. The van der Waals surface area contributed by atoms with Crippen LogP contribution in [0.1, 0.15) is 0 Å². The van der Waals surface area contributed by atoms with Gasteiger partial charge in [-0.25, -0.2) is 0 Å². The van der Waals surface area contributed by atoms with Gasteiger partial charge in [-0.05, 0) is 271 Å². The summed E-state index contributed by atoms with van der Waals surface area (Å²) in [5.41, 5.74) is 41.0. The number of hydrogen-bond acceptors (Lipinski definition) is 0. The summed E-state index contributed by atoms with van der Waals surface area (Å²) in [5, 5.41) is 15.1. The van der Waals surface area contributed by atoms with Gasteiger partial charge in [0.15, 0.2) is 0 Å². The number of para-hydroxylation sites is 7. The van der Waals surface area contributed by atoms with Gasteiger partial charge in [-0.1, -0.05) is 376 Å². The highest BCUT2D eigenvalue weighted by Crippen LogP contribution is 2.47. The van der Waals surface area contributed by atoms with E-state index in [0.717, 1.165) is 17.1 Å². The van der Waals surface area contributed by atoms with E-state index in [-0.39, 0.29) is 0 Å². The molecule has 0 saturated carbocycles. The van der Waals surface area contributed by atoms with Crippen LogP contribution in [-0.2, 0) is 0 Å². The first-order chi connectivity index (χ1) is 71.4. The first-order valence-electron chi connectivity index (χ1n) is 49.5. The number of hydrogen-bond donors (Lipinski definition) is 0. The van der Waals surface area contributed by atoms with Crippen LogP contribution in [0, 0.1) is 0 Å². The summed E-state index contributed by atoms with van der Waals surface area (Å²) in [6.45, 7) is 0. The SMILES string of the molecule is c1ccc(-c2ccc(-n3c4ccc(-c5ccc6c(c5)c5ccccc5n6-c5ccccc5)cc4c4ccc(-c5ccccc5)cc43)cc2)cc1.c1ccc(-c2ccc(-n3c4ccccc4c4cc(-c5ccc6c(c5)c5c(-c7ccccc7)cccc5n6-c5ccccc5)ccc43)cc2)cc1.c1ccc(-c2ccc(-n3c4ccccc4c4cc(-c5ccc6c(c5)c5ccccc5n6-c5ccccc5)ccc43)cc2)cc1. The Morgan fingerprint density at radius 2 is 0.278 bits per heavy atom. The molecule has 0 aliphatic carbocycles. The van der Waals surface area contributed by atoms with E-state index >= 15 is 0 Å². The first kappa shape index (κ1) is 84.2. The molecule has 6 nitrogen and oxygen atoms in total. The average molecular weight is 1830 g/mol. The quantitative estimate of drug-likeness (QED) is 0.104. The summed E-state index contributed by atoms with van der Waals surface area (Å²) in [6, 6.07) is 202. The van der Waals surface area contributed by atoms with Crippen LogP contribution in [0.25, 0.3) is 254 Å². The van der Waals surface area contributed by atoms with Gasteiger partial charge in [-0.3, -0.25) is 0 Å². The van der Waals surface area contributed by atoms with Crippen LogP contribution in [-0.4, -0.2) is 27.4 Å². The Labute approximate surface area is 833 Å². The molecule has 29 rings (SSSR count). The maximum Gasteiger partial charge on any atom is 0.0547 e. The van der Waals surface area contributed by atoms with Gasteiger partial charge in [0.1, 0.15) is 0 Å². The molecule has 0 bridgehead atoms. The van der Waals surface area contributed by atoms with Crippen molar-refractivity contribution >= 4 is 131 Å². The fourth-order valence-electron chi connectivity index (χ4n) is 22.4. The fourth-order valence-corrected chi connectivity index (χ4v) is 22.4. The molecule has 0 radical (unpaired) electrons. The van der Waals surface area contributed by atoms with Crippen molar-refractivity contribution in [2.45, 2.75) is 0 Å². The van der Waals surface area contributed by atoms with Crippen LogP contribution >= 0.6 is 0 Å². The topological polar surface area (TPSA) is 29.6 Å². The number of benzene rings is 23. The average Bonchev–Trinajstić information content (AvgIpc) is 1.57. The first-order valence-corrected chi connectivity index (χ1v) is 49.5. The molecule has 0 atom stereocenters. The molecule has 0 aliphatic heterocycles. The molecule has 0 amide bonds. The minimum atomic E-state index is 1.15.